The minimum absolute atomic E-state index is 0.0485. The van der Waals surface area contributed by atoms with Crippen LogP contribution < -0.4 is 11.1 Å². The van der Waals surface area contributed by atoms with Crippen LogP contribution in [0.4, 0.5) is 5.69 Å². The van der Waals surface area contributed by atoms with Crippen molar-refractivity contribution >= 4 is 34.1 Å². The number of hydrogen-bond donors (Lipinski definition) is 2. The summed E-state index contributed by atoms with van der Waals surface area (Å²) < 4.78 is 0. The molecular weight excluding hydrogens is 286 g/mol. The summed E-state index contributed by atoms with van der Waals surface area (Å²) in [4.78, 5) is 16.7. The van der Waals surface area contributed by atoms with Crippen LogP contribution in [0.25, 0.3) is 10.9 Å². The fraction of sp³-hybridized carbons (Fsp3) is 0.250. The van der Waals surface area contributed by atoms with Crippen molar-refractivity contribution in [3.63, 3.8) is 0 Å². The number of amides is 1. The molecular formula is C16H16ClN3O. The number of halogens is 1. The zero-order chi connectivity index (χ0) is 15.0. The van der Waals surface area contributed by atoms with E-state index in [1.165, 1.54) is 0 Å². The quantitative estimate of drug-likeness (QED) is 0.838. The van der Waals surface area contributed by atoms with Gasteiger partial charge in [0, 0.05) is 17.6 Å². The predicted octanol–water partition coefficient (Wildman–Crippen LogP) is 3.04. The largest absolute Gasteiger partial charge is 0.324 e. The monoisotopic (exact) mass is 301 g/mol. The van der Waals surface area contributed by atoms with Crippen molar-refractivity contribution in [1.29, 1.82) is 0 Å². The molecule has 0 saturated carbocycles. The predicted molar refractivity (Wildman–Crippen MR) is 85.3 cm³/mol. The van der Waals surface area contributed by atoms with Crippen LogP contribution in [0.1, 0.15) is 12.0 Å². The van der Waals surface area contributed by atoms with Crippen molar-refractivity contribution in [2.45, 2.75) is 19.4 Å². The van der Waals surface area contributed by atoms with Gasteiger partial charge in [0.2, 0.25) is 5.91 Å². The number of pyridine rings is 1. The van der Waals surface area contributed by atoms with Gasteiger partial charge in [-0.3, -0.25) is 9.78 Å². The molecule has 1 amide bonds. The highest BCUT2D eigenvalue weighted by molar-refractivity contribution is 6.35. The summed E-state index contributed by atoms with van der Waals surface area (Å²) in [7, 11) is 0. The van der Waals surface area contributed by atoms with Gasteiger partial charge in [-0.05, 0) is 37.1 Å². The Morgan fingerprint density at radius 1 is 1.48 bits per heavy atom. The lowest BCUT2D eigenvalue weighted by Crippen LogP contribution is -2.24. The van der Waals surface area contributed by atoms with Crippen LogP contribution in [0.15, 0.2) is 36.5 Å². The molecule has 5 heteroatoms. The number of nitrogens with zero attached hydrogens (tertiary/aromatic N) is 1. The van der Waals surface area contributed by atoms with E-state index < -0.39 is 0 Å². The minimum Gasteiger partial charge on any atom is -0.324 e. The average Bonchev–Trinajstić information content (AvgIpc) is 2.90. The number of benzene rings is 1. The number of fused-ring (bicyclic) bond motifs is 1. The molecule has 1 aliphatic rings. The van der Waals surface area contributed by atoms with E-state index in [-0.39, 0.29) is 17.9 Å². The Morgan fingerprint density at radius 2 is 2.29 bits per heavy atom. The molecule has 1 heterocycles. The first-order chi connectivity index (χ1) is 10.1. The molecule has 1 aliphatic carbocycles. The van der Waals surface area contributed by atoms with Gasteiger partial charge in [0.05, 0.1) is 22.1 Å². The van der Waals surface area contributed by atoms with Crippen molar-refractivity contribution in [2.75, 3.05) is 5.32 Å². The summed E-state index contributed by atoms with van der Waals surface area (Å²) in [5.74, 6) is -0.292. The number of carbonyl (C=O) groups excluding carboxylic acids is 1. The molecule has 3 rings (SSSR count). The van der Waals surface area contributed by atoms with Crippen LogP contribution in [0.3, 0.4) is 0 Å². The topological polar surface area (TPSA) is 68.0 Å². The van der Waals surface area contributed by atoms with Gasteiger partial charge in [0.25, 0.3) is 0 Å². The molecule has 0 aliphatic heterocycles. The molecule has 3 N–H and O–H groups in total. The molecule has 0 bridgehead atoms. The van der Waals surface area contributed by atoms with Crippen LogP contribution in [0.5, 0.6) is 0 Å². The summed E-state index contributed by atoms with van der Waals surface area (Å²) in [5.41, 5.74) is 8.23. The normalized spacial score (nSPS) is 20.9. The average molecular weight is 302 g/mol. The summed E-state index contributed by atoms with van der Waals surface area (Å²) in [6.07, 6.45) is 6.07. The molecule has 21 heavy (non-hydrogen) atoms. The van der Waals surface area contributed by atoms with Crippen molar-refractivity contribution in [2.24, 2.45) is 11.7 Å². The number of rotatable bonds is 2. The van der Waals surface area contributed by atoms with E-state index in [4.69, 9.17) is 17.3 Å². The molecule has 0 saturated heterocycles. The van der Waals surface area contributed by atoms with Crippen LogP contribution in [0.2, 0.25) is 5.02 Å². The lowest BCUT2D eigenvalue weighted by molar-refractivity contribution is -0.118. The highest BCUT2D eigenvalue weighted by Crippen LogP contribution is 2.33. The zero-order valence-electron chi connectivity index (χ0n) is 11.6. The highest BCUT2D eigenvalue weighted by Gasteiger charge is 2.24. The Labute approximate surface area is 128 Å². The maximum atomic E-state index is 12.3. The lowest BCUT2D eigenvalue weighted by Gasteiger charge is -2.15. The summed E-state index contributed by atoms with van der Waals surface area (Å²) in [5, 5.41) is 4.30. The van der Waals surface area contributed by atoms with E-state index in [2.05, 4.69) is 10.3 Å². The molecule has 108 valence electrons. The highest BCUT2D eigenvalue weighted by atomic mass is 35.5. The van der Waals surface area contributed by atoms with Gasteiger partial charge in [0.15, 0.2) is 0 Å². The maximum absolute atomic E-state index is 12.3. The van der Waals surface area contributed by atoms with Crippen molar-refractivity contribution in [3.05, 3.63) is 47.1 Å². The van der Waals surface area contributed by atoms with E-state index in [1.807, 2.05) is 37.3 Å². The number of anilines is 1. The summed E-state index contributed by atoms with van der Waals surface area (Å²) in [6.45, 7) is 1.95. The Morgan fingerprint density at radius 3 is 3.00 bits per heavy atom. The number of hydrogen-bond acceptors (Lipinski definition) is 3. The van der Waals surface area contributed by atoms with E-state index >= 15 is 0 Å². The van der Waals surface area contributed by atoms with Crippen LogP contribution in [-0.2, 0) is 4.79 Å². The second kappa shape index (κ2) is 5.47. The molecule has 1 aromatic carbocycles. The third-order valence-corrected chi connectivity index (χ3v) is 4.03. The molecule has 0 spiro atoms. The number of nitrogens with two attached hydrogens (primary N) is 1. The second-order valence-corrected chi connectivity index (χ2v) is 5.74. The minimum atomic E-state index is -0.205. The summed E-state index contributed by atoms with van der Waals surface area (Å²) in [6, 6.07) is 5.52. The summed E-state index contributed by atoms with van der Waals surface area (Å²) >= 11 is 6.30. The first-order valence-corrected chi connectivity index (χ1v) is 7.22. The fourth-order valence-corrected chi connectivity index (χ4v) is 2.96. The number of aryl methyl sites for hydroxylation is 1. The van der Waals surface area contributed by atoms with Crippen molar-refractivity contribution < 1.29 is 4.79 Å². The number of aromatic nitrogens is 1. The standard InChI is InChI=1S/C16H16ClN3O/c1-9-7-13(17)15(12-3-2-6-19-14(9)12)20-16(21)10-4-5-11(18)8-10/h2-7,10-11H,8,18H2,1H3,(H,20,21). The number of carbonyl (C=O) groups is 1. The zero-order valence-corrected chi connectivity index (χ0v) is 12.4. The van der Waals surface area contributed by atoms with Crippen molar-refractivity contribution in [1.82, 2.24) is 4.98 Å². The first kappa shape index (κ1) is 14.0. The van der Waals surface area contributed by atoms with Crippen LogP contribution >= 0.6 is 11.6 Å². The van der Waals surface area contributed by atoms with Gasteiger partial charge in [0.1, 0.15) is 0 Å². The molecule has 0 radical (unpaired) electrons. The molecule has 2 aromatic rings. The van der Waals surface area contributed by atoms with Crippen molar-refractivity contribution in [3.8, 4) is 0 Å². The fourth-order valence-electron chi connectivity index (χ4n) is 2.65. The molecule has 2 unspecified atom stereocenters. The Balaban J connectivity index is 1.97. The third kappa shape index (κ3) is 2.64. The Hall–Kier alpha value is -1.91. The molecule has 2 atom stereocenters. The van der Waals surface area contributed by atoms with E-state index in [0.717, 1.165) is 16.5 Å². The first-order valence-electron chi connectivity index (χ1n) is 6.85. The van der Waals surface area contributed by atoms with Crippen LogP contribution in [-0.4, -0.2) is 16.9 Å². The van der Waals surface area contributed by atoms with Gasteiger partial charge in [-0.1, -0.05) is 23.8 Å². The van der Waals surface area contributed by atoms with Gasteiger partial charge in [-0.2, -0.15) is 0 Å². The third-order valence-electron chi connectivity index (χ3n) is 3.73. The molecule has 1 aromatic heterocycles. The SMILES string of the molecule is Cc1cc(Cl)c(NC(=O)C2C=CC(N)C2)c2cccnc12. The maximum Gasteiger partial charge on any atom is 0.231 e. The lowest BCUT2D eigenvalue weighted by atomic mass is 10.1. The van der Waals surface area contributed by atoms with Gasteiger partial charge in [-0.25, -0.2) is 0 Å². The Kier molecular flexibility index (Phi) is 3.66. The molecule has 0 fully saturated rings. The number of nitrogens with one attached hydrogen (secondary N) is 1. The molecule has 4 nitrogen and oxygen atoms in total. The van der Waals surface area contributed by atoms with Crippen LogP contribution in [0, 0.1) is 12.8 Å². The smallest absolute Gasteiger partial charge is 0.231 e. The van der Waals surface area contributed by atoms with E-state index in [9.17, 15) is 4.79 Å². The van der Waals surface area contributed by atoms with E-state index in [0.29, 0.717) is 17.1 Å². The second-order valence-electron chi connectivity index (χ2n) is 5.33. The van der Waals surface area contributed by atoms with Gasteiger partial charge < -0.3 is 11.1 Å². The van der Waals surface area contributed by atoms with Gasteiger partial charge in [-0.15, -0.1) is 0 Å². The van der Waals surface area contributed by atoms with E-state index in [1.54, 1.807) is 6.20 Å². The van der Waals surface area contributed by atoms with Gasteiger partial charge >= 0.3 is 0 Å². The Bertz CT molecular complexity index is 742.